The summed E-state index contributed by atoms with van der Waals surface area (Å²) in [7, 11) is -2.71. The second-order valence-corrected chi connectivity index (χ2v) is 6.50. The molecule has 2 aliphatic rings. The van der Waals surface area contributed by atoms with Gasteiger partial charge in [0.1, 0.15) is 24.4 Å². The molecule has 0 aromatic rings. The van der Waals surface area contributed by atoms with Gasteiger partial charge in [0.05, 0.1) is 5.75 Å². The molecule has 0 aromatic heterocycles. The first kappa shape index (κ1) is 10.4. The van der Waals surface area contributed by atoms with E-state index in [0.29, 0.717) is 17.6 Å². The summed E-state index contributed by atoms with van der Waals surface area (Å²) in [6.45, 7) is 1.81. The molecule has 5 heteroatoms. The Hall–Kier alpha value is -0.130. The number of ether oxygens (including phenoxy) is 1. The van der Waals surface area contributed by atoms with Crippen LogP contribution < -0.4 is 5.32 Å². The number of nitrogens with two attached hydrogens (primary N) is 1. The lowest BCUT2D eigenvalue weighted by Gasteiger charge is -2.11. The molecule has 2 heterocycles. The molecule has 0 aromatic carbocycles. The molecule has 0 aliphatic carbocycles. The van der Waals surface area contributed by atoms with E-state index in [-0.39, 0.29) is 6.04 Å². The third-order valence-electron chi connectivity index (χ3n) is 3.02. The predicted octanol–water partition coefficient (Wildman–Crippen LogP) is -1.08. The minimum Gasteiger partial charge on any atom is -0.372 e. The molecule has 0 amide bonds. The molecule has 82 valence electrons. The van der Waals surface area contributed by atoms with Gasteiger partial charge in [-0.25, -0.2) is 8.42 Å². The van der Waals surface area contributed by atoms with Crippen LogP contribution in [0.15, 0.2) is 0 Å². The van der Waals surface area contributed by atoms with Crippen LogP contribution in [-0.4, -0.2) is 45.2 Å². The van der Waals surface area contributed by atoms with Crippen molar-refractivity contribution >= 4 is 9.84 Å². The summed E-state index contributed by atoms with van der Waals surface area (Å²) < 4.78 is 27.9. The standard InChI is InChI=1S/C9H17NO3S/c11-14(12)5-3-8(7-14)10-6-9-2-1-4-13-9/h8-10H,1-7H2/p+1/t8-,9+/m1/s1. The minimum atomic E-state index is -2.71. The fourth-order valence-electron chi connectivity index (χ4n) is 2.18. The summed E-state index contributed by atoms with van der Waals surface area (Å²) in [6.07, 6.45) is 3.46. The number of hydrogen-bond donors (Lipinski definition) is 1. The van der Waals surface area contributed by atoms with E-state index >= 15 is 0 Å². The largest absolute Gasteiger partial charge is 0.372 e. The van der Waals surface area contributed by atoms with Crippen molar-refractivity contribution in [3.63, 3.8) is 0 Å². The maximum absolute atomic E-state index is 11.2. The molecule has 2 fully saturated rings. The highest BCUT2D eigenvalue weighted by Gasteiger charge is 2.31. The third kappa shape index (κ3) is 2.68. The van der Waals surface area contributed by atoms with Gasteiger partial charge in [0.25, 0.3) is 0 Å². The average molecular weight is 220 g/mol. The maximum atomic E-state index is 11.2. The second-order valence-electron chi connectivity index (χ2n) is 4.27. The Kier molecular flexibility index (Phi) is 3.09. The topological polar surface area (TPSA) is 60.0 Å². The van der Waals surface area contributed by atoms with Crippen molar-refractivity contribution in [3.8, 4) is 0 Å². The highest BCUT2D eigenvalue weighted by molar-refractivity contribution is 7.91. The van der Waals surface area contributed by atoms with E-state index in [1.165, 1.54) is 0 Å². The second kappa shape index (κ2) is 4.16. The predicted molar refractivity (Wildman–Crippen MR) is 52.8 cm³/mol. The molecule has 0 radical (unpaired) electrons. The van der Waals surface area contributed by atoms with Gasteiger partial charge in [-0.05, 0) is 12.8 Å². The zero-order valence-electron chi connectivity index (χ0n) is 8.31. The highest BCUT2D eigenvalue weighted by Crippen LogP contribution is 2.11. The normalized spacial score (nSPS) is 36.3. The van der Waals surface area contributed by atoms with Gasteiger partial charge in [-0.3, -0.25) is 0 Å². The summed E-state index contributed by atoms with van der Waals surface area (Å²) in [5.41, 5.74) is 0. The van der Waals surface area contributed by atoms with E-state index in [0.717, 1.165) is 32.4 Å². The van der Waals surface area contributed by atoms with E-state index in [9.17, 15) is 8.42 Å². The Balaban J connectivity index is 1.71. The Morgan fingerprint density at radius 3 is 2.79 bits per heavy atom. The highest BCUT2D eigenvalue weighted by atomic mass is 32.2. The van der Waals surface area contributed by atoms with Gasteiger partial charge in [0.15, 0.2) is 9.84 Å². The van der Waals surface area contributed by atoms with Crippen molar-refractivity contribution in [3.05, 3.63) is 0 Å². The van der Waals surface area contributed by atoms with Crippen molar-refractivity contribution in [2.75, 3.05) is 24.7 Å². The molecule has 2 atom stereocenters. The van der Waals surface area contributed by atoms with Crippen molar-refractivity contribution in [1.29, 1.82) is 0 Å². The monoisotopic (exact) mass is 220 g/mol. The molecule has 0 saturated carbocycles. The van der Waals surface area contributed by atoms with Gasteiger partial charge in [0.2, 0.25) is 0 Å². The lowest BCUT2D eigenvalue weighted by Crippen LogP contribution is -2.92. The van der Waals surface area contributed by atoms with E-state index in [1.807, 2.05) is 0 Å². The smallest absolute Gasteiger partial charge is 0.156 e. The van der Waals surface area contributed by atoms with Gasteiger partial charge in [-0.1, -0.05) is 0 Å². The van der Waals surface area contributed by atoms with E-state index in [1.54, 1.807) is 0 Å². The first-order valence-corrected chi connectivity index (χ1v) is 7.13. The molecular formula is C9H18NO3S+. The Bertz CT molecular complexity index is 282. The van der Waals surface area contributed by atoms with E-state index in [4.69, 9.17) is 4.74 Å². The average Bonchev–Trinajstić information content (AvgIpc) is 2.70. The van der Waals surface area contributed by atoms with Crippen LogP contribution in [0.25, 0.3) is 0 Å². The molecule has 14 heavy (non-hydrogen) atoms. The molecule has 2 N–H and O–H groups in total. The summed E-state index contributed by atoms with van der Waals surface area (Å²) in [4.78, 5) is 0. The Labute approximate surface area is 84.9 Å². The van der Waals surface area contributed by atoms with E-state index < -0.39 is 9.84 Å². The van der Waals surface area contributed by atoms with Gasteiger partial charge >= 0.3 is 0 Å². The zero-order chi connectivity index (χ0) is 10.0. The van der Waals surface area contributed by atoms with Crippen LogP contribution in [0.1, 0.15) is 19.3 Å². The van der Waals surface area contributed by atoms with Crippen molar-refractivity contribution in [2.45, 2.75) is 31.4 Å². The van der Waals surface area contributed by atoms with Gasteiger partial charge < -0.3 is 10.1 Å². The molecule has 2 aliphatic heterocycles. The van der Waals surface area contributed by atoms with Crippen LogP contribution >= 0.6 is 0 Å². The van der Waals surface area contributed by atoms with Crippen LogP contribution in [0, 0.1) is 0 Å². The lowest BCUT2D eigenvalue weighted by molar-refractivity contribution is -0.689. The molecule has 4 nitrogen and oxygen atoms in total. The summed E-state index contributed by atoms with van der Waals surface area (Å²) in [6, 6.07) is 0.282. The number of quaternary nitrogens is 1. The summed E-state index contributed by atoms with van der Waals surface area (Å²) in [5, 5.41) is 2.15. The quantitative estimate of drug-likeness (QED) is 0.658. The zero-order valence-corrected chi connectivity index (χ0v) is 9.13. The lowest BCUT2D eigenvalue weighted by atomic mass is 10.2. The van der Waals surface area contributed by atoms with Crippen molar-refractivity contribution in [1.82, 2.24) is 0 Å². The van der Waals surface area contributed by atoms with Crippen LogP contribution in [-0.2, 0) is 14.6 Å². The van der Waals surface area contributed by atoms with Crippen LogP contribution in [0.4, 0.5) is 0 Å². The third-order valence-corrected chi connectivity index (χ3v) is 4.82. The first-order valence-electron chi connectivity index (χ1n) is 5.31. The Morgan fingerprint density at radius 1 is 1.36 bits per heavy atom. The van der Waals surface area contributed by atoms with Gasteiger partial charge in [0, 0.05) is 13.0 Å². The summed E-state index contributed by atoms with van der Waals surface area (Å²) in [5.74, 6) is 0.736. The molecular weight excluding hydrogens is 202 g/mol. The molecule has 0 unspecified atom stereocenters. The van der Waals surface area contributed by atoms with Crippen LogP contribution in [0.5, 0.6) is 0 Å². The van der Waals surface area contributed by atoms with Gasteiger partial charge in [-0.2, -0.15) is 0 Å². The summed E-state index contributed by atoms with van der Waals surface area (Å²) >= 11 is 0. The number of hydrogen-bond acceptors (Lipinski definition) is 3. The molecule has 2 saturated heterocycles. The van der Waals surface area contributed by atoms with Crippen molar-refractivity contribution in [2.24, 2.45) is 0 Å². The maximum Gasteiger partial charge on any atom is 0.156 e. The molecule has 0 spiro atoms. The van der Waals surface area contributed by atoms with Gasteiger partial charge in [-0.15, -0.1) is 0 Å². The fourth-order valence-corrected chi connectivity index (χ4v) is 3.97. The Morgan fingerprint density at radius 2 is 2.21 bits per heavy atom. The number of rotatable bonds is 3. The molecule has 2 rings (SSSR count). The van der Waals surface area contributed by atoms with Crippen LogP contribution in [0.3, 0.4) is 0 Å². The number of sulfone groups is 1. The van der Waals surface area contributed by atoms with Crippen molar-refractivity contribution < 1.29 is 18.5 Å². The minimum absolute atomic E-state index is 0.282. The fraction of sp³-hybridized carbons (Fsp3) is 1.00. The molecule has 0 bridgehead atoms. The van der Waals surface area contributed by atoms with Crippen LogP contribution in [0.2, 0.25) is 0 Å². The first-order chi connectivity index (χ1) is 6.66. The SMILES string of the molecule is O=S1(=O)CC[C@@H]([NH2+]C[C@@H]2CCCO2)C1. The van der Waals surface area contributed by atoms with E-state index in [2.05, 4.69) is 5.32 Å².